The van der Waals surface area contributed by atoms with E-state index in [1.165, 1.54) is 41.7 Å². The van der Waals surface area contributed by atoms with Crippen LogP contribution in [0.2, 0.25) is 0 Å². The first kappa shape index (κ1) is 24.5. The van der Waals surface area contributed by atoms with E-state index < -0.39 is 20.0 Å². The number of alkyl halides is 1. The minimum atomic E-state index is -3.94. The number of sulfonamides is 2. The number of nitrogens with zero attached hydrogens (tertiary/aromatic N) is 1. The summed E-state index contributed by atoms with van der Waals surface area (Å²) in [4.78, 5) is 0.0531. The molecule has 0 radical (unpaired) electrons. The molecule has 7 nitrogen and oxygen atoms in total. The zero-order valence-electron chi connectivity index (χ0n) is 17.3. The van der Waals surface area contributed by atoms with Crippen molar-refractivity contribution in [2.45, 2.75) is 36.5 Å². The summed E-state index contributed by atoms with van der Waals surface area (Å²) in [5.41, 5.74) is 1.04. The van der Waals surface area contributed by atoms with E-state index in [-0.39, 0.29) is 21.2 Å². The Morgan fingerprint density at radius 2 is 1.57 bits per heavy atom. The van der Waals surface area contributed by atoms with Crippen molar-refractivity contribution in [2.24, 2.45) is 0 Å². The second-order valence-electron chi connectivity index (χ2n) is 6.49. The van der Waals surface area contributed by atoms with Crippen LogP contribution in [-0.4, -0.2) is 47.2 Å². The first-order chi connectivity index (χ1) is 14.2. The van der Waals surface area contributed by atoms with Crippen LogP contribution in [0.4, 0.5) is 5.69 Å². The second-order valence-corrected chi connectivity index (χ2v) is 10.5. The lowest BCUT2D eigenvalue weighted by Gasteiger charge is -2.20. The number of hydrogen-bond acceptors (Lipinski definition) is 5. The highest BCUT2D eigenvalue weighted by molar-refractivity contribution is 7.92. The van der Waals surface area contributed by atoms with Crippen LogP contribution in [0, 0.1) is 0 Å². The molecule has 2 aromatic carbocycles. The van der Waals surface area contributed by atoms with Gasteiger partial charge in [0, 0.05) is 19.0 Å². The van der Waals surface area contributed by atoms with Gasteiger partial charge >= 0.3 is 0 Å². The third-order valence-corrected chi connectivity index (χ3v) is 8.29. The second kappa shape index (κ2) is 10.5. The highest BCUT2D eigenvalue weighted by Crippen LogP contribution is 2.31. The summed E-state index contributed by atoms with van der Waals surface area (Å²) >= 11 is 5.69. The third kappa shape index (κ3) is 5.66. The smallest absolute Gasteiger partial charge is 0.262 e. The van der Waals surface area contributed by atoms with Crippen LogP contribution in [-0.2, 0) is 26.5 Å². The van der Waals surface area contributed by atoms with Gasteiger partial charge in [0.15, 0.2) is 0 Å². The minimum Gasteiger partial charge on any atom is -0.495 e. The standard InChI is InChI=1S/C20H27ClN2O5S2/c1-4-23(5-2)30(26,27)18-12-13-20(28-3)19(15-18)22-29(24,25)17-10-8-16(9-11-17)7-6-14-21/h8-13,15,22H,4-7,14H2,1-3H3. The Balaban J connectivity index is 2.38. The normalized spacial score (nSPS) is 12.2. The van der Waals surface area contributed by atoms with Gasteiger partial charge in [-0.25, -0.2) is 16.8 Å². The van der Waals surface area contributed by atoms with Crippen LogP contribution in [0.1, 0.15) is 25.8 Å². The van der Waals surface area contributed by atoms with Crippen molar-refractivity contribution >= 4 is 37.3 Å². The molecule has 0 saturated heterocycles. The van der Waals surface area contributed by atoms with Gasteiger partial charge in [0.1, 0.15) is 5.75 Å². The lowest BCUT2D eigenvalue weighted by atomic mass is 10.1. The van der Waals surface area contributed by atoms with E-state index in [9.17, 15) is 16.8 Å². The van der Waals surface area contributed by atoms with Gasteiger partial charge in [-0.05, 0) is 48.7 Å². The van der Waals surface area contributed by atoms with E-state index in [4.69, 9.17) is 16.3 Å². The van der Waals surface area contributed by atoms with Gasteiger partial charge < -0.3 is 4.74 Å². The molecule has 0 aliphatic carbocycles. The van der Waals surface area contributed by atoms with Crippen molar-refractivity contribution in [1.82, 2.24) is 4.31 Å². The number of methoxy groups -OCH3 is 1. The van der Waals surface area contributed by atoms with Gasteiger partial charge in [0.25, 0.3) is 10.0 Å². The summed E-state index contributed by atoms with van der Waals surface area (Å²) in [6.45, 7) is 4.10. The number of anilines is 1. The number of halogens is 1. The quantitative estimate of drug-likeness (QED) is 0.501. The van der Waals surface area contributed by atoms with Crippen LogP contribution in [0.15, 0.2) is 52.3 Å². The van der Waals surface area contributed by atoms with Gasteiger partial charge in [-0.1, -0.05) is 26.0 Å². The monoisotopic (exact) mass is 474 g/mol. The summed E-state index contributed by atoms with van der Waals surface area (Å²) in [7, 11) is -6.31. The molecule has 0 saturated carbocycles. The Morgan fingerprint density at radius 1 is 0.967 bits per heavy atom. The van der Waals surface area contributed by atoms with E-state index in [0.717, 1.165) is 18.4 Å². The van der Waals surface area contributed by atoms with Crippen molar-refractivity contribution < 1.29 is 21.6 Å². The lowest BCUT2D eigenvalue weighted by Crippen LogP contribution is -2.30. The molecule has 0 amide bonds. The molecule has 0 atom stereocenters. The lowest BCUT2D eigenvalue weighted by molar-refractivity contribution is 0.416. The number of aryl methyl sites for hydroxylation is 1. The molecule has 0 aliphatic heterocycles. The summed E-state index contributed by atoms with van der Waals surface area (Å²) < 4.78 is 60.3. The fraction of sp³-hybridized carbons (Fsp3) is 0.400. The molecule has 0 unspecified atom stereocenters. The largest absolute Gasteiger partial charge is 0.495 e. The van der Waals surface area contributed by atoms with Crippen molar-refractivity contribution in [2.75, 3.05) is 30.8 Å². The Morgan fingerprint density at radius 3 is 2.10 bits per heavy atom. The summed E-state index contributed by atoms with van der Waals surface area (Å²) in [6, 6.07) is 10.6. The minimum absolute atomic E-state index is 0.0128. The number of benzene rings is 2. The maximum atomic E-state index is 12.9. The van der Waals surface area contributed by atoms with E-state index in [1.54, 1.807) is 26.0 Å². The molecule has 166 valence electrons. The molecule has 2 rings (SSSR count). The summed E-state index contributed by atoms with van der Waals surface area (Å²) in [5, 5.41) is 0. The summed E-state index contributed by atoms with van der Waals surface area (Å²) in [6.07, 6.45) is 1.56. The molecule has 0 fully saturated rings. The average molecular weight is 475 g/mol. The number of hydrogen-bond donors (Lipinski definition) is 1. The number of ether oxygens (including phenoxy) is 1. The zero-order chi connectivity index (χ0) is 22.4. The maximum absolute atomic E-state index is 12.9. The Kier molecular flexibility index (Phi) is 8.54. The maximum Gasteiger partial charge on any atom is 0.262 e. The van der Waals surface area contributed by atoms with Crippen LogP contribution in [0.25, 0.3) is 0 Å². The molecule has 1 N–H and O–H groups in total. The van der Waals surface area contributed by atoms with Gasteiger partial charge in [-0.15, -0.1) is 11.6 Å². The van der Waals surface area contributed by atoms with E-state index in [2.05, 4.69) is 4.72 Å². The van der Waals surface area contributed by atoms with Gasteiger partial charge in [-0.2, -0.15) is 4.31 Å². The van der Waals surface area contributed by atoms with E-state index in [1.807, 2.05) is 0 Å². The average Bonchev–Trinajstić information content (AvgIpc) is 2.73. The van der Waals surface area contributed by atoms with Crippen molar-refractivity contribution in [3.05, 3.63) is 48.0 Å². The molecule has 0 bridgehead atoms. The molecule has 30 heavy (non-hydrogen) atoms. The predicted octanol–water partition coefficient (Wildman–Crippen LogP) is 3.70. The van der Waals surface area contributed by atoms with Crippen molar-refractivity contribution in [3.8, 4) is 5.75 Å². The topological polar surface area (TPSA) is 92.8 Å². The first-order valence-corrected chi connectivity index (χ1v) is 13.0. The molecule has 0 aromatic heterocycles. The third-order valence-electron chi connectivity index (χ3n) is 4.59. The van der Waals surface area contributed by atoms with Gasteiger partial charge in [0.05, 0.1) is 22.6 Å². The number of rotatable bonds is 11. The Labute approximate surface area is 184 Å². The van der Waals surface area contributed by atoms with Crippen molar-refractivity contribution in [1.29, 1.82) is 0 Å². The van der Waals surface area contributed by atoms with Crippen LogP contribution in [0.5, 0.6) is 5.75 Å². The molecular weight excluding hydrogens is 448 g/mol. The summed E-state index contributed by atoms with van der Waals surface area (Å²) in [5.74, 6) is 0.754. The molecular formula is C20H27ClN2O5S2. The van der Waals surface area contributed by atoms with Crippen LogP contribution >= 0.6 is 11.6 Å². The SMILES string of the molecule is CCN(CC)S(=O)(=O)c1ccc(OC)c(NS(=O)(=O)c2ccc(CCCCl)cc2)c1. The molecule has 0 heterocycles. The fourth-order valence-electron chi connectivity index (χ4n) is 2.95. The van der Waals surface area contributed by atoms with Gasteiger partial charge in [0.2, 0.25) is 10.0 Å². The first-order valence-electron chi connectivity index (χ1n) is 9.55. The molecule has 2 aromatic rings. The Bertz CT molecular complexity index is 1050. The zero-order valence-corrected chi connectivity index (χ0v) is 19.6. The predicted molar refractivity (Wildman–Crippen MR) is 119 cm³/mol. The number of nitrogens with one attached hydrogen (secondary N) is 1. The van der Waals surface area contributed by atoms with Crippen molar-refractivity contribution in [3.63, 3.8) is 0 Å². The van der Waals surface area contributed by atoms with E-state index in [0.29, 0.717) is 19.0 Å². The molecule has 0 aliphatic rings. The van der Waals surface area contributed by atoms with E-state index >= 15 is 0 Å². The molecule has 0 spiro atoms. The van der Waals surface area contributed by atoms with Gasteiger partial charge in [-0.3, -0.25) is 4.72 Å². The highest BCUT2D eigenvalue weighted by atomic mass is 35.5. The Hall–Kier alpha value is -1.81. The highest BCUT2D eigenvalue weighted by Gasteiger charge is 2.24. The molecule has 10 heteroatoms. The van der Waals surface area contributed by atoms with Crippen LogP contribution in [0.3, 0.4) is 0 Å². The van der Waals surface area contributed by atoms with Crippen LogP contribution < -0.4 is 9.46 Å². The fourth-order valence-corrected chi connectivity index (χ4v) is 5.63.